The molecule has 0 N–H and O–H groups in total. The predicted octanol–water partition coefficient (Wildman–Crippen LogP) is 1.81. The summed E-state index contributed by atoms with van der Waals surface area (Å²) in [6.07, 6.45) is 3.18. The van der Waals surface area contributed by atoms with Gasteiger partial charge in [-0.3, -0.25) is 4.79 Å². The zero-order valence-corrected chi connectivity index (χ0v) is 14.3. The number of rotatable bonds is 5. The lowest BCUT2D eigenvalue weighted by Crippen LogP contribution is -2.50. The van der Waals surface area contributed by atoms with Gasteiger partial charge in [-0.1, -0.05) is 13.8 Å². The predicted molar refractivity (Wildman–Crippen MR) is 86.0 cm³/mol. The van der Waals surface area contributed by atoms with Crippen LogP contribution in [0.5, 0.6) is 0 Å². The molecule has 128 valence electrons. The Labute approximate surface area is 136 Å². The quantitative estimate of drug-likeness (QED) is 0.827. The SMILES string of the molecule is COCC(=O)N1CCCC(N(C)c2ncnc(C(C)C)c2F)C1. The molecular weight excluding hydrogens is 299 g/mol. The van der Waals surface area contributed by atoms with Crippen molar-refractivity contribution in [1.82, 2.24) is 14.9 Å². The highest BCUT2D eigenvalue weighted by molar-refractivity contribution is 5.77. The number of carbonyl (C=O) groups is 1. The van der Waals surface area contributed by atoms with Crippen LogP contribution in [0.4, 0.5) is 10.2 Å². The van der Waals surface area contributed by atoms with Crippen LogP contribution in [0.25, 0.3) is 0 Å². The van der Waals surface area contributed by atoms with E-state index in [2.05, 4.69) is 9.97 Å². The summed E-state index contributed by atoms with van der Waals surface area (Å²) in [7, 11) is 3.33. The molecule has 0 spiro atoms. The Morgan fingerprint density at radius 3 is 2.91 bits per heavy atom. The van der Waals surface area contributed by atoms with Gasteiger partial charge in [0.05, 0.1) is 5.69 Å². The van der Waals surface area contributed by atoms with Crippen LogP contribution in [-0.4, -0.2) is 60.7 Å². The molecule has 1 fully saturated rings. The summed E-state index contributed by atoms with van der Waals surface area (Å²) in [4.78, 5) is 23.8. The van der Waals surface area contributed by atoms with Crippen molar-refractivity contribution in [2.45, 2.75) is 38.6 Å². The second-order valence-corrected chi connectivity index (χ2v) is 6.23. The molecule has 1 unspecified atom stereocenters. The second-order valence-electron chi connectivity index (χ2n) is 6.23. The van der Waals surface area contributed by atoms with Crippen LogP contribution in [0.3, 0.4) is 0 Å². The monoisotopic (exact) mass is 324 g/mol. The minimum atomic E-state index is -0.370. The lowest BCUT2D eigenvalue weighted by Gasteiger charge is -2.38. The van der Waals surface area contributed by atoms with Crippen LogP contribution >= 0.6 is 0 Å². The number of piperidine rings is 1. The van der Waals surface area contributed by atoms with E-state index in [0.717, 1.165) is 19.4 Å². The van der Waals surface area contributed by atoms with E-state index in [4.69, 9.17) is 4.74 Å². The van der Waals surface area contributed by atoms with Crippen LogP contribution in [0.15, 0.2) is 6.33 Å². The molecule has 1 amide bonds. The third kappa shape index (κ3) is 3.96. The number of nitrogens with zero attached hydrogens (tertiary/aromatic N) is 4. The van der Waals surface area contributed by atoms with E-state index < -0.39 is 0 Å². The number of amides is 1. The van der Waals surface area contributed by atoms with Crippen LogP contribution in [0.1, 0.15) is 38.3 Å². The van der Waals surface area contributed by atoms with Gasteiger partial charge < -0.3 is 14.5 Å². The van der Waals surface area contributed by atoms with Crippen LogP contribution in [0, 0.1) is 5.82 Å². The van der Waals surface area contributed by atoms with Gasteiger partial charge in [-0.05, 0) is 18.8 Å². The van der Waals surface area contributed by atoms with Crippen LogP contribution in [-0.2, 0) is 9.53 Å². The largest absolute Gasteiger partial charge is 0.375 e. The molecule has 1 aromatic rings. The first kappa shape index (κ1) is 17.6. The van der Waals surface area contributed by atoms with Crippen molar-refractivity contribution in [3.8, 4) is 0 Å². The average molecular weight is 324 g/mol. The number of likely N-dealkylation sites (N-methyl/N-ethyl adjacent to an activating group) is 1. The van der Waals surface area contributed by atoms with E-state index in [9.17, 15) is 9.18 Å². The highest BCUT2D eigenvalue weighted by Gasteiger charge is 2.28. The van der Waals surface area contributed by atoms with Crippen molar-refractivity contribution < 1.29 is 13.9 Å². The molecule has 6 nitrogen and oxygen atoms in total. The molecule has 2 rings (SSSR count). The van der Waals surface area contributed by atoms with Gasteiger partial charge in [0.1, 0.15) is 12.9 Å². The molecule has 1 aliphatic rings. The van der Waals surface area contributed by atoms with Crippen molar-refractivity contribution in [2.75, 3.05) is 38.8 Å². The fourth-order valence-electron chi connectivity index (χ4n) is 2.91. The van der Waals surface area contributed by atoms with E-state index in [0.29, 0.717) is 18.1 Å². The summed E-state index contributed by atoms with van der Waals surface area (Å²) in [5.41, 5.74) is 0.421. The zero-order chi connectivity index (χ0) is 17.0. The smallest absolute Gasteiger partial charge is 0.248 e. The summed E-state index contributed by atoms with van der Waals surface area (Å²) in [5.74, 6) is -0.104. The number of halogens is 1. The Morgan fingerprint density at radius 2 is 2.26 bits per heavy atom. The van der Waals surface area contributed by atoms with Gasteiger partial charge in [0.15, 0.2) is 11.6 Å². The van der Waals surface area contributed by atoms with Gasteiger partial charge >= 0.3 is 0 Å². The van der Waals surface area contributed by atoms with Gasteiger partial charge in [0, 0.05) is 33.3 Å². The molecule has 0 bridgehead atoms. The molecule has 0 saturated carbocycles. The third-order valence-corrected chi connectivity index (χ3v) is 4.24. The normalized spacial score (nSPS) is 18.3. The first-order valence-electron chi connectivity index (χ1n) is 7.95. The summed E-state index contributed by atoms with van der Waals surface area (Å²) in [5, 5.41) is 0. The van der Waals surface area contributed by atoms with Gasteiger partial charge in [0.25, 0.3) is 0 Å². The topological polar surface area (TPSA) is 58.6 Å². The van der Waals surface area contributed by atoms with Crippen molar-refractivity contribution in [3.05, 3.63) is 17.8 Å². The van der Waals surface area contributed by atoms with Crippen LogP contribution < -0.4 is 4.90 Å². The summed E-state index contributed by atoms with van der Waals surface area (Å²) in [6, 6.07) is 0.0361. The van der Waals surface area contributed by atoms with E-state index in [-0.39, 0.29) is 30.3 Å². The molecule has 2 heterocycles. The van der Waals surface area contributed by atoms with E-state index >= 15 is 0 Å². The van der Waals surface area contributed by atoms with Crippen molar-refractivity contribution in [3.63, 3.8) is 0 Å². The maximum atomic E-state index is 14.6. The number of aromatic nitrogens is 2. The lowest BCUT2D eigenvalue weighted by atomic mass is 10.0. The molecule has 1 aliphatic heterocycles. The molecule has 0 aromatic carbocycles. The first-order valence-corrected chi connectivity index (χ1v) is 7.95. The second kappa shape index (κ2) is 7.68. The number of anilines is 1. The Balaban J connectivity index is 2.15. The summed E-state index contributed by atoms with van der Waals surface area (Å²) < 4.78 is 19.6. The van der Waals surface area contributed by atoms with Crippen molar-refractivity contribution >= 4 is 11.7 Å². The van der Waals surface area contributed by atoms with Crippen molar-refractivity contribution in [1.29, 1.82) is 0 Å². The molecule has 7 heteroatoms. The standard InChI is InChI=1S/C16H25FN4O2/c1-11(2)15-14(17)16(19-10-18-15)20(3)12-6-5-7-21(8-12)13(22)9-23-4/h10-12H,5-9H2,1-4H3. The average Bonchev–Trinajstić information content (AvgIpc) is 2.54. The summed E-state index contributed by atoms with van der Waals surface area (Å²) >= 11 is 0. The minimum Gasteiger partial charge on any atom is -0.375 e. The molecule has 0 aliphatic carbocycles. The van der Waals surface area contributed by atoms with Crippen molar-refractivity contribution in [2.24, 2.45) is 0 Å². The summed E-state index contributed by atoms with van der Waals surface area (Å²) in [6.45, 7) is 5.16. The molecule has 1 saturated heterocycles. The number of hydrogen-bond donors (Lipinski definition) is 0. The highest BCUT2D eigenvalue weighted by Crippen LogP contribution is 2.26. The van der Waals surface area contributed by atoms with Gasteiger partial charge in [-0.25, -0.2) is 14.4 Å². The molecular formula is C16H25FN4O2. The van der Waals surface area contributed by atoms with E-state index in [1.807, 2.05) is 25.8 Å². The number of likely N-dealkylation sites (tertiary alicyclic amines) is 1. The lowest BCUT2D eigenvalue weighted by molar-refractivity contribution is -0.136. The van der Waals surface area contributed by atoms with Gasteiger partial charge in [-0.15, -0.1) is 0 Å². The first-order chi connectivity index (χ1) is 11.0. The van der Waals surface area contributed by atoms with Gasteiger partial charge in [-0.2, -0.15) is 0 Å². The number of carbonyl (C=O) groups excluding carboxylic acids is 1. The minimum absolute atomic E-state index is 0.00344. The third-order valence-electron chi connectivity index (χ3n) is 4.24. The number of ether oxygens (including phenoxy) is 1. The highest BCUT2D eigenvalue weighted by atomic mass is 19.1. The molecule has 0 radical (unpaired) electrons. The Bertz CT molecular complexity index is 553. The fourth-order valence-corrected chi connectivity index (χ4v) is 2.91. The van der Waals surface area contributed by atoms with E-state index in [1.54, 1.807) is 4.90 Å². The zero-order valence-electron chi connectivity index (χ0n) is 14.3. The Kier molecular flexibility index (Phi) is 5.87. The number of methoxy groups -OCH3 is 1. The molecule has 1 aromatic heterocycles. The maximum absolute atomic E-state index is 14.6. The van der Waals surface area contributed by atoms with E-state index in [1.165, 1.54) is 13.4 Å². The van der Waals surface area contributed by atoms with Crippen LogP contribution in [0.2, 0.25) is 0 Å². The number of hydrogen-bond acceptors (Lipinski definition) is 5. The maximum Gasteiger partial charge on any atom is 0.248 e. The Morgan fingerprint density at radius 1 is 1.52 bits per heavy atom. The molecule has 1 atom stereocenters. The fraction of sp³-hybridized carbons (Fsp3) is 0.688. The molecule has 23 heavy (non-hydrogen) atoms. The Hall–Kier alpha value is -1.76. The van der Waals surface area contributed by atoms with Gasteiger partial charge in [0.2, 0.25) is 5.91 Å².